The molecule has 4 aliphatic rings. The van der Waals surface area contributed by atoms with Crippen LogP contribution in [-0.4, -0.2) is 17.6 Å². The van der Waals surface area contributed by atoms with Crippen molar-refractivity contribution in [2.24, 2.45) is 34.3 Å². The van der Waals surface area contributed by atoms with Crippen molar-refractivity contribution in [3.05, 3.63) is 23.8 Å². The molecule has 0 amide bonds. The molecule has 3 saturated carbocycles. The SMILES string of the molecule is C[C@]12CC[C@H]3[C@@H](C[C@H](N)C4=CC(=O)C=C[C@@]43CC#CBr)[C@@H]1CCC2=O. The number of carbonyl (C=O) groups excluding carboxylic acids is 2. The summed E-state index contributed by atoms with van der Waals surface area (Å²) in [4.78, 5) is 27.4. The fraction of sp³-hybridized carbons (Fsp3) is 0.619. The lowest BCUT2D eigenvalue weighted by Gasteiger charge is -2.57. The van der Waals surface area contributed by atoms with E-state index in [2.05, 4.69) is 39.7 Å². The Bertz CT molecular complexity index is 758. The molecule has 0 spiro atoms. The zero-order valence-electron chi connectivity index (χ0n) is 14.6. The van der Waals surface area contributed by atoms with Crippen molar-refractivity contribution in [2.45, 2.75) is 51.5 Å². The van der Waals surface area contributed by atoms with Crippen LogP contribution in [0.1, 0.15) is 45.4 Å². The number of Topliss-reactive ketones (excluding diaryl/α,β-unsaturated/α-hetero) is 1. The maximum Gasteiger partial charge on any atom is 0.178 e. The van der Waals surface area contributed by atoms with Gasteiger partial charge in [-0.3, -0.25) is 9.59 Å². The lowest BCUT2D eigenvalue weighted by Crippen LogP contribution is -2.55. The number of hydrogen-bond donors (Lipinski definition) is 1. The molecule has 0 unspecified atom stereocenters. The third kappa shape index (κ3) is 2.35. The fourth-order valence-corrected chi connectivity index (χ4v) is 6.51. The minimum absolute atomic E-state index is 0.0306. The van der Waals surface area contributed by atoms with Gasteiger partial charge in [-0.05, 0) is 66.0 Å². The Balaban J connectivity index is 1.80. The van der Waals surface area contributed by atoms with Gasteiger partial charge in [-0.2, -0.15) is 0 Å². The number of rotatable bonds is 1. The normalized spacial score (nSPS) is 45.0. The lowest BCUT2D eigenvalue weighted by molar-refractivity contribution is -0.131. The van der Waals surface area contributed by atoms with Crippen LogP contribution in [0, 0.1) is 39.3 Å². The lowest BCUT2D eigenvalue weighted by atomic mass is 9.46. The van der Waals surface area contributed by atoms with Crippen LogP contribution >= 0.6 is 15.9 Å². The predicted octanol–water partition coefficient (Wildman–Crippen LogP) is 3.53. The van der Waals surface area contributed by atoms with Crippen molar-refractivity contribution in [1.29, 1.82) is 0 Å². The second-order valence-electron chi connectivity index (χ2n) is 8.46. The highest BCUT2D eigenvalue weighted by Gasteiger charge is 2.60. The van der Waals surface area contributed by atoms with Crippen molar-refractivity contribution < 1.29 is 9.59 Å². The summed E-state index contributed by atoms with van der Waals surface area (Å²) in [7, 11) is 0. The fourth-order valence-electron chi connectivity index (χ4n) is 6.37. The number of ketones is 2. The van der Waals surface area contributed by atoms with E-state index < -0.39 is 0 Å². The smallest absolute Gasteiger partial charge is 0.178 e. The van der Waals surface area contributed by atoms with Crippen LogP contribution in [0.4, 0.5) is 0 Å². The molecule has 0 aromatic carbocycles. The molecule has 0 heterocycles. The van der Waals surface area contributed by atoms with Gasteiger partial charge in [0, 0.05) is 45.6 Å². The summed E-state index contributed by atoms with van der Waals surface area (Å²) in [5, 5.41) is 0. The van der Waals surface area contributed by atoms with Crippen molar-refractivity contribution in [2.75, 3.05) is 0 Å². The Morgan fingerprint density at radius 1 is 1.32 bits per heavy atom. The van der Waals surface area contributed by atoms with Gasteiger partial charge in [0.25, 0.3) is 0 Å². The molecule has 4 aliphatic carbocycles. The molecule has 3 fully saturated rings. The van der Waals surface area contributed by atoms with Gasteiger partial charge in [0.15, 0.2) is 5.78 Å². The molecule has 0 bridgehead atoms. The molecule has 0 aromatic heterocycles. The van der Waals surface area contributed by atoms with Crippen LogP contribution in [0.3, 0.4) is 0 Å². The summed E-state index contributed by atoms with van der Waals surface area (Å²) in [6, 6.07) is -0.120. The van der Waals surface area contributed by atoms with Gasteiger partial charge in [0.2, 0.25) is 0 Å². The molecule has 4 heteroatoms. The molecule has 6 atom stereocenters. The summed E-state index contributed by atoms with van der Waals surface area (Å²) in [6.07, 6.45) is 10.8. The molecular weight excluding hydrogens is 378 g/mol. The Hall–Kier alpha value is -1.18. The molecule has 0 aromatic rings. The van der Waals surface area contributed by atoms with Crippen molar-refractivity contribution in [1.82, 2.24) is 0 Å². The second kappa shape index (κ2) is 5.93. The third-order valence-corrected chi connectivity index (χ3v) is 7.84. The topological polar surface area (TPSA) is 60.2 Å². The summed E-state index contributed by atoms with van der Waals surface area (Å²) in [5.41, 5.74) is 7.22. The molecule has 25 heavy (non-hydrogen) atoms. The third-order valence-electron chi connectivity index (χ3n) is 7.56. The van der Waals surface area contributed by atoms with E-state index in [-0.39, 0.29) is 22.7 Å². The van der Waals surface area contributed by atoms with Crippen LogP contribution in [-0.2, 0) is 9.59 Å². The number of halogens is 1. The van der Waals surface area contributed by atoms with E-state index in [4.69, 9.17) is 5.73 Å². The minimum atomic E-state index is -0.246. The second-order valence-corrected chi connectivity index (χ2v) is 8.86. The summed E-state index contributed by atoms with van der Waals surface area (Å²) >= 11 is 3.22. The van der Waals surface area contributed by atoms with E-state index in [9.17, 15) is 9.59 Å². The van der Waals surface area contributed by atoms with Crippen LogP contribution in [0.2, 0.25) is 0 Å². The first-order valence-electron chi connectivity index (χ1n) is 9.25. The first kappa shape index (κ1) is 17.2. The molecule has 132 valence electrons. The van der Waals surface area contributed by atoms with E-state index in [1.54, 1.807) is 12.2 Å². The summed E-state index contributed by atoms with van der Waals surface area (Å²) in [5.74, 6) is 4.94. The van der Waals surface area contributed by atoms with Gasteiger partial charge < -0.3 is 5.73 Å². The maximum atomic E-state index is 12.5. The van der Waals surface area contributed by atoms with Crippen LogP contribution in [0.15, 0.2) is 23.8 Å². The highest BCUT2D eigenvalue weighted by molar-refractivity contribution is 9.12. The van der Waals surface area contributed by atoms with Crippen LogP contribution < -0.4 is 5.73 Å². The molecule has 3 nitrogen and oxygen atoms in total. The standard InChI is InChI=1S/C21H24BrNO2/c1-20-8-6-16-14(15(20)3-4-19(20)25)12-18(23)17-11-13(24)5-9-21(16,17)7-2-10-22/h5,9,11,14-16,18H,3-4,6-8,12,23H2,1H3/t14-,15-,16-,18-,20-,21+/m0/s1. The summed E-state index contributed by atoms with van der Waals surface area (Å²) < 4.78 is 0. The van der Waals surface area contributed by atoms with Gasteiger partial charge in [-0.25, -0.2) is 0 Å². The van der Waals surface area contributed by atoms with E-state index >= 15 is 0 Å². The zero-order chi connectivity index (χ0) is 17.8. The number of allylic oxidation sites excluding steroid dienone is 3. The van der Waals surface area contributed by atoms with Gasteiger partial charge in [0.05, 0.1) is 0 Å². The number of nitrogens with two attached hydrogens (primary N) is 1. The van der Waals surface area contributed by atoms with Crippen molar-refractivity contribution in [3.8, 4) is 10.8 Å². The molecule has 0 aliphatic heterocycles. The monoisotopic (exact) mass is 401 g/mol. The molecular formula is C21H24BrNO2. The average Bonchev–Trinajstić information content (AvgIpc) is 2.90. The molecule has 0 radical (unpaired) electrons. The maximum absolute atomic E-state index is 12.5. The van der Waals surface area contributed by atoms with Gasteiger partial charge in [-0.15, -0.1) is 0 Å². The quantitative estimate of drug-likeness (QED) is 0.683. The first-order valence-corrected chi connectivity index (χ1v) is 10.0. The molecule has 0 saturated heterocycles. The highest BCUT2D eigenvalue weighted by Crippen LogP contribution is 2.64. The Morgan fingerprint density at radius 3 is 2.88 bits per heavy atom. The van der Waals surface area contributed by atoms with E-state index in [1.807, 2.05) is 0 Å². The van der Waals surface area contributed by atoms with Crippen molar-refractivity contribution >= 4 is 27.5 Å². The van der Waals surface area contributed by atoms with Crippen LogP contribution in [0.25, 0.3) is 0 Å². The summed E-state index contributed by atoms with van der Waals surface area (Å²) in [6.45, 7) is 2.17. The highest BCUT2D eigenvalue weighted by atomic mass is 79.9. The molecule has 4 rings (SSSR count). The van der Waals surface area contributed by atoms with E-state index in [0.29, 0.717) is 36.4 Å². The van der Waals surface area contributed by atoms with Crippen molar-refractivity contribution in [3.63, 3.8) is 0 Å². The number of fused-ring (bicyclic) bond motifs is 5. The largest absolute Gasteiger partial charge is 0.324 e. The Labute approximate surface area is 157 Å². The predicted molar refractivity (Wildman–Crippen MR) is 101 cm³/mol. The average molecular weight is 402 g/mol. The Kier molecular flexibility index (Phi) is 4.09. The van der Waals surface area contributed by atoms with Gasteiger partial charge in [-0.1, -0.05) is 18.9 Å². The Morgan fingerprint density at radius 2 is 2.12 bits per heavy atom. The number of carbonyl (C=O) groups is 2. The van der Waals surface area contributed by atoms with E-state index in [1.165, 1.54) is 0 Å². The number of hydrogen-bond acceptors (Lipinski definition) is 3. The first-order chi connectivity index (χ1) is 11.9. The van der Waals surface area contributed by atoms with Gasteiger partial charge >= 0.3 is 0 Å². The molecule has 2 N–H and O–H groups in total. The zero-order valence-corrected chi connectivity index (χ0v) is 16.1. The van der Waals surface area contributed by atoms with Crippen LogP contribution in [0.5, 0.6) is 0 Å². The van der Waals surface area contributed by atoms with E-state index in [0.717, 1.165) is 31.3 Å². The van der Waals surface area contributed by atoms with Gasteiger partial charge in [0.1, 0.15) is 5.78 Å². The minimum Gasteiger partial charge on any atom is -0.324 e.